The SMILES string of the molecule is O=C(CS)NC(CO)Cc1ccccc1. The second-order valence-electron chi connectivity index (χ2n) is 3.29. The summed E-state index contributed by atoms with van der Waals surface area (Å²) in [7, 11) is 0. The van der Waals surface area contributed by atoms with E-state index in [4.69, 9.17) is 5.11 Å². The van der Waals surface area contributed by atoms with E-state index in [0.29, 0.717) is 6.42 Å². The van der Waals surface area contributed by atoms with Crippen LogP contribution in [-0.4, -0.2) is 29.4 Å². The van der Waals surface area contributed by atoms with Crippen molar-refractivity contribution in [3.8, 4) is 0 Å². The quantitative estimate of drug-likeness (QED) is 0.644. The molecule has 0 saturated carbocycles. The lowest BCUT2D eigenvalue weighted by Crippen LogP contribution is -2.39. The Hall–Kier alpha value is -1.00. The molecule has 0 aliphatic rings. The largest absolute Gasteiger partial charge is 0.394 e. The summed E-state index contributed by atoms with van der Waals surface area (Å²) in [5.41, 5.74) is 1.09. The minimum atomic E-state index is -0.230. The van der Waals surface area contributed by atoms with Gasteiger partial charge in [-0.2, -0.15) is 12.6 Å². The van der Waals surface area contributed by atoms with Gasteiger partial charge in [0, 0.05) is 0 Å². The number of hydrogen-bond acceptors (Lipinski definition) is 3. The molecule has 82 valence electrons. The second-order valence-corrected chi connectivity index (χ2v) is 3.61. The van der Waals surface area contributed by atoms with Gasteiger partial charge in [-0.1, -0.05) is 30.3 Å². The van der Waals surface area contributed by atoms with E-state index in [0.717, 1.165) is 5.56 Å². The lowest BCUT2D eigenvalue weighted by atomic mass is 10.1. The summed E-state index contributed by atoms with van der Waals surface area (Å²) in [6.07, 6.45) is 0.636. The van der Waals surface area contributed by atoms with Crippen LogP contribution in [0.2, 0.25) is 0 Å². The topological polar surface area (TPSA) is 49.3 Å². The molecule has 0 spiro atoms. The first-order chi connectivity index (χ1) is 7.26. The van der Waals surface area contributed by atoms with E-state index < -0.39 is 0 Å². The van der Waals surface area contributed by atoms with Crippen LogP contribution in [0.25, 0.3) is 0 Å². The van der Waals surface area contributed by atoms with E-state index in [2.05, 4.69) is 17.9 Å². The van der Waals surface area contributed by atoms with Gasteiger partial charge in [-0.25, -0.2) is 0 Å². The highest BCUT2D eigenvalue weighted by Crippen LogP contribution is 2.02. The molecule has 0 bridgehead atoms. The van der Waals surface area contributed by atoms with Crippen LogP contribution in [0.5, 0.6) is 0 Å². The number of benzene rings is 1. The van der Waals surface area contributed by atoms with Crippen LogP contribution in [0, 0.1) is 0 Å². The summed E-state index contributed by atoms with van der Waals surface area (Å²) in [5, 5.41) is 11.8. The van der Waals surface area contributed by atoms with Gasteiger partial charge in [0.15, 0.2) is 0 Å². The van der Waals surface area contributed by atoms with Crippen LogP contribution in [0.15, 0.2) is 30.3 Å². The van der Waals surface area contributed by atoms with Crippen LogP contribution >= 0.6 is 12.6 Å². The van der Waals surface area contributed by atoms with Gasteiger partial charge in [-0.15, -0.1) is 0 Å². The Labute approximate surface area is 94.9 Å². The fourth-order valence-corrected chi connectivity index (χ4v) is 1.42. The summed E-state index contributed by atoms with van der Waals surface area (Å²) < 4.78 is 0. The number of carbonyl (C=O) groups excluding carboxylic acids is 1. The van der Waals surface area contributed by atoms with Crippen molar-refractivity contribution in [2.45, 2.75) is 12.5 Å². The molecule has 1 aromatic rings. The molecule has 1 unspecified atom stereocenters. The maximum atomic E-state index is 11.1. The summed E-state index contributed by atoms with van der Waals surface area (Å²) in [5.74, 6) is -0.0148. The molecular formula is C11H15NO2S. The zero-order valence-electron chi connectivity index (χ0n) is 8.39. The van der Waals surface area contributed by atoms with Crippen molar-refractivity contribution in [2.24, 2.45) is 0 Å². The molecule has 4 heteroatoms. The molecule has 15 heavy (non-hydrogen) atoms. The number of carbonyl (C=O) groups is 1. The van der Waals surface area contributed by atoms with Crippen molar-refractivity contribution in [3.05, 3.63) is 35.9 Å². The van der Waals surface area contributed by atoms with Crippen LogP contribution in [0.1, 0.15) is 5.56 Å². The first kappa shape index (κ1) is 12.1. The van der Waals surface area contributed by atoms with Gasteiger partial charge in [0.05, 0.1) is 18.4 Å². The molecule has 0 aliphatic carbocycles. The highest BCUT2D eigenvalue weighted by atomic mass is 32.1. The maximum Gasteiger partial charge on any atom is 0.230 e. The van der Waals surface area contributed by atoms with Crippen LogP contribution < -0.4 is 5.32 Å². The Morgan fingerprint density at radius 1 is 1.40 bits per heavy atom. The first-order valence-electron chi connectivity index (χ1n) is 4.81. The van der Waals surface area contributed by atoms with Gasteiger partial charge in [-0.05, 0) is 12.0 Å². The first-order valence-corrected chi connectivity index (χ1v) is 5.44. The third kappa shape index (κ3) is 4.36. The van der Waals surface area contributed by atoms with Gasteiger partial charge in [0.2, 0.25) is 5.91 Å². The predicted octanol–water partition coefficient (Wildman–Crippen LogP) is 0.636. The molecule has 1 aromatic carbocycles. The van der Waals surface area contributed by atoms with Crippen molar-refractivity contribution in [3.63, 3.8) is 0 Å². The fraction of sp³-hybridized carbons (Fsp3) is 0.364. The Morgan fingerprint density at radius 2 is 2.07 bits per heavy atom. The summed E-state index contributed by atoms with van der Waals surface area (Å²) >= 11 is 3.86. The van der Waals surface area contributed by atoms with Crippen LogP contribution in [0.3, 0.4) is 0 Å². The molecule has 1 rings (SSSR count). The number of amides is 1. The Bertz CT molecular complexity index is 303. The molecule has 2 N–H and O–H groups in total. The highest BCUT2D eigenvalue weighted by Gasteiger charge is 2.10. The lowest BCUT2D eigenvalue weighted by molar-refractivity contribution is -0.119. The molecule has 0 fully saturated rings. The smallest absolute Gasteiger partial charge is 0.230 e. The third-order valence-corrected chi connectivity index (χ3v) is 2.34. The van der Waals surface area contributed by atoms with Crippen molar-refractivity contribution in [1.82, 2.24) is 5.32 Å². The van der Waals surface area contributed by atoms with E-state index in [1.165, 1.54) is 0 Å². The van der Waals surface area contributed by atoms with Gasteiger partial charge in [-0.3, -0.25) is 4.79 Å². The fourth-order valence-electron chi connectivity index (χ4n) is 1.33. The summed E-state index contributed by atoms with van der Waals surface area (Å²) in [4.78, 5) is 11.1. The number of hydrogen-bond donors (Lipinski definition) is 3. The van der Waals surface area contributed by atoms with E-state index in [-0.39, 0.29) is 24.3 Å². The zero-order valence-corrected chi connectivity index (χ0v) is 9.28. The van der Waals surface area contributed by atoms with E-state index in [9.17, 15) is 4.79 Å². The number of thiol groups is 1. The average Bonchev–Trinajstić information content (AvgIpc) is 2.29. The zero-order chi connectivity index (χ0) is 11.1. The van der Waals surface area contributed by atoms with E-state index in [1.54, 1.807) is 0 Å². The number of nitrogens with one attached hydrogen (secondary N) is 1. The number of rotatable bonds is 5. The number of aliphatic hydroxyl groups excluding tert-OH is 1. The monoisotopic (exact) mass is 225 g/mol. The lowest BCUT2D eigenvalue weighted by Gasteiger charge is -2.15. The molecule has 3 nitrogen and oxygen atoms in total. The second kappa shape index (κ2) is 6.48. The Kier molecular flexibility index (Phi) is 5.21. The molecule has 1 atom stereocenters. The summed E-state index contributed by atoms with van der Waals surface area (Å²) in [6.45, 7) is -0.0611. The molecule has 0 saturated heterocycles. The van der Waals surface area contributed by atoms with Gasteiger partial charge in [0.25, 0.3) is 0 Å². The van der Waals surface area contributed by atoms with Crippen molar-refractivity contribution >= 4 is 18.5 Å². The minimum Gasteiger partial charge on any atom is -0.394 e. The van der Waals surface area contributed by atoms with Gasteiger partial charge < -0.3 is 10.4 Å². The maximum absolute atomic E-state index is 11.1. The third-order valence-electron chi connectivity index (χ3n) is 2.05. The van der Waals surface area contributed by atoms with Crippen molar-refractivity contribution in [1.29, 1.82) is 0 Å². The average molecular weight is 225 g/mol. The highest BCUT2D eigenvalue weighted by molar-refractivity contribution is 7.81. The molecule has 0 heterocycles. The molecule has 1 amide bonds. The predicted molar refractivity (Wildman–Crippen MR) is 63.0 cm³/mol. The standard InChI is InChI=1S/C11H15NO2S/c13-7-10(12-11(14)8-15)6-9-4-2-1-3-5-9/h1-5,10,13,15H,6-8H2,(H,12,14). The molecule has 0 aromatic heterocycles. The van der Waals surface area contributed by atoms with Crippen molar-refractivity contribution in [2.75, 3.05) is 12.4 Å². The molecule has 0 aliphatic heterocycles. The Morgan fingerprint density at radius 3 is 2.60 bits per heavy atom. The van der Waals surface area contributed by atoms with Gasteiger partial charge in [0.1, 0.15) is 0 Å². The van der Waals surface area contributed by atoms with E-state index in [1.807, 2.05) is 30.3 Å². The number of aliphatic hydroxyl groups is 1. The van der Waals surface area contributed by atoms with Gasteiger partial charge >= 0.3 is 0 Å². The summed E-state index contributed by atoms with van der Waals surface area (Å²) in [6, 6.07) is 9.51. The molecular weight excluding hydrogens is 210 g/mol. The van der Waals surface area contributed by atoms with E-state index >= 15 is 0 Å². The molecule has 0 radical (unpaired) electrons. The normalized spacial score (nSPS) is 12.1. The Balaban J connectivity index is 2.50. The van der Waals surface area contributed by atoms with Crippen molar-refractivity contribution < 1.29 is 9.90 Å². The van der Waals surface area contributed by atoms with Crippen LogP contribution in [0.4, 0.5) is 0 Å². The van der Waals surface area contributed by atoms with Crippen LogP contribution in [-0.2, 0) is 11.2 Å². The minimum absolute atomic E-state index is 0.0611.